The van der Waals surface area contributed by atoms with Crippen LogP contribution < -0.4 is 15.4 Å². The first kappa shape index (κ1) is 32.6. The predicted molar refractivity (Wildman–Crippen MR) is 198 cm³/mol. The Kier molecular flexibility index (Phi) is 8.88. The van der Waals surface area contributed by atoms with Gasteiger partial charge in [0.25, 0.3) is 0 Å². The number of piperidine rings is 3. The van der Waals surface area contributed by atoms with E-state index in [0.29, 0.717) is 29.7 Å². The Hall–Kier alpha value is -2.96. The molecule has 4 unspecified atom stereocenters. The molecule has 4 heterocycles. The highest BCUT2D eigenvalue weighted by atomic mass is 32.1. The van der Waals surface area contributed by atoms with E-state index in [4.69, 9.17) is 21.9 Å². The molecule has 3 saturated heterocycles. The average Bonchev–Trinajstić information content (AvgIpc) is 3.09. The number of benzene rings is 2. The van der Waals surface area contributed by atoms with Gasteiger partial charge in [0.1, 0.15) is 5.75 Å². The largest absolute Gasteiger partial charge is 0.497 e. The van der Waals surface area contributed by atoms with Gasteiger partial charge in [0.2, 0.25) is 0 Å². The third kappa shape index (κ3) is 5.88. The van der Waals surface area contributed by atoms with Gasteiger partial charge in [0, 0.05) is 30.7 Å². The Morgan fingerprint density at radius 3 is 2.74 bits per heavy atom. The monoisotopic (exact) mass is 650 g/mol. The zero-order chi connectivity index (χ0) is 32.9. The predicted octanol–water partition coefficient (Wildman–Crippen LogP) is 8.48. The number of aromatic nitrogens is 1. The molecule has 3 aromatic rings. The molecule has 6 heteroatoms. The first-order chi connectivity index (χ1) is 22.6. The van der Waals surface area contributed by atoms with E-state index < -0.39 is 0 Å². The van der Waals surface area contributed by atoms with Crippen molar-refractivity contribution in [2.45, 2.75) is 96.1 Å². The molecule has 8 rings (SSSR count). The number of fused-ring (bicyclic) bond motifs is 7. The minimum absolute atomic E-state index is 0.0438. The van der Waals surface area contributed by atoms with Crippen molar-refractivity contribution in [1.29, 1.82) is 0 Å². The maximum atomic E-state index is 6.20. The fourth-order valence-electron chi connectivity index (χ4n) is 10.3. The van der Waals surface area contributed by atoms with Gasteiger partial charge in [0.15, 0.2) is 5.11 Å². The third-order valence-corrected chi connectivity index (χ3v) is 13.2. The highest BCUT2D eigenvalue weighted by Gasteiger charge is 2.52. The second-order valence-electron chi connectivity index (χ2n) is 15.9. The number of methoxy groups -OCH3 is 1. The van der Waals surface area contributed by atoms with Gasteiger partial charge in [-0.05, 0) is 138 Å². The molecule has 8 atom stereocenters. The lowest BCUT2D eigenvalue weighted by molar-refractivity contribution is 0.00407. The van der Waals surface area contributed by atoms with Gasteiger partial charge < -0.3 is 15.4 Å². The zero-order valence-corrected chi connectivity index (χ0v) is 30.0. The second kappa shape index (κ2) is 12.8. The second-order valence-corrected chi connectivity index (χ2v) is 16.3. The average molecular weight is 651 g/mol. The Morgan fingerprint density at radius 1 is 1.15 bits per heavy atom. The maximum absolute atomic E-state index is 6.20. The molecule has 3 aliphatic heterocycles. The summed E-state index contributed by atoms with van der Waals surface area (Å²) in [5, 5.41) is 9.61. The van der Waals surface area contributed by atoms with Crippen LogP contribution in [0.25, 0.3) is 10.9 Å². The van der Waals surface area contributed by atoms with Gasteiger partial charge >= 0.3 is 0 Å². The summed E-state index contributed by atoms with van der Waals surface area (Å²) in [4.78, 5) is 7.40. The summed E-state index contributed by atoms with van der Waals surface area (Å²) in [5.74, 6) is 3.28. The Bertz CT molecular complexity index is 1650. The van der Waals surface area contributed by atoms with Gasteiger partial charge in [-0.25, -0.2) is 0 Å². The first-order valence-corrected chi connectivity index (χ1v) is 18.5. The van der Waals surface area contributed by atoms with Gasteiger partial charge in [0.05, 0.1) is 18.7 Å². The molecule has 5 aliphatic rings. The molecule has 1 saturated carbocycles. The quantitative estimate of drug-likeness (QED) is 0.188. The van der Waals surface area contributed by atoms with E-state index in [1.54, 1.807) is 18.2 Å². The first-order valence-electron chi connectivity index (χ1n) is 18.1. The van der Waals surface area contributed by atoms with Gasteiger partial charge in [-0.3, -0.25) is 9.88 Å². The zero-order valence-electron chi connectivity index (χ0n) is 29.1. The van der Waals surface area contributed by atoms with Crippen LogP contribution in [-0.4, -0.2) is 47.8 Å². The molecular weight excluding hydrogens is 597 g/mol. The van der Waals surface area contributed by atoms with Crippen LogP contribution in [-0.2, 0) is 11.8 Å². The highest BCUT2D eigenvalue weighted by Crippen LogP contribution is 2.57. The molecule has 250 valence electrons. The smallest absolute Gasteiger partial charge is 0.166 e. The van der Waals surface area contributed by atoms with Gasteiger partial charge in [-0.15, -0.1) is 6.58 Å². The Balaban J connectivity index is 1.14. The fourth-order valence-corrected chi connectivity index (χ4v) is 10.5. The van der Waals surface area contributed by atoms with Crippen molar-refractivity contribution >= 4 is 28.2 Å². The van der Waals surface area contributed by atoms with Crippen LogP contribution in [0.1, 0.15) is 100 Å². The SMILES string of the molecule is C=CC1CN2CCC1CC2[C@H](NC(=S)NC[C@]1(C)CCC[C@]2(C)c3ccc(C(C)C)cc3CC[C@@H]12)c1ccnc2ccc(OC)cc12. The van der Waals surface area contributed by atoms with Crippen LogP contribution in [0, 0.1) is 23.2 Å². The van der Waals surface area contributed by atoms with Crippen molar-refractivity contribution in [3.63, 3.8) is 0 Å². The third-order valence-electron chi connectivity index (χ3n) is 13.0. The molecule has 1 aromatic heterocycles. The van der Waals surface area contributed by atoms with Crippen LogP contribution in [0.5, 0.6) is 5.75 Å². The molecule has 4 fully saturated rings. The van der Waals surface area contributed by atoms with E-state index in [-0.39, 0.29) is 16.9 Å². The van der Waals surface area contributed by atoms with Gasteiger partial charge in [-0.1, -0.05) is 58.4 Å². The van der Waals surface area contributed by atoms with Crippen molar-refractivity contribution in [2.75, 3.05) is 26.7 Å². The van der Waals surface area contributed by atoms with Crippen LogP contribution in [0.15, 0.2) is 61.3 Å². The molecule has 0 radical (unpaired) electrons. The van der Waals surface area contributed by atoms with E-state index in [0.717, 1.165) is 47.8 Å². The lowest BCUT2D eigenvalue weighted by atomic mass is 9.49. The number of aryl methyl sites for hydroxylation is 1. The number of hydrogen-bond acceptors (Lipinski definition) is 4. The number of hydrogen-bond donors (Lipinski definition) is 2. The van der Waals surface area contributed by atoms with E-state index >= 15 is 0 Å². The topological polar surface area (TPSA) is 49.4 Å². The van der Waals surface area contributed by atoms with Crippen molar-refractivity contribution < 1.29 is 4.74 Å². The summed E-state index contributed by atoms with van der Waals surface area (Å²) in [5.41, 5.74) is 7.27. The molecule has 2 aromatic carbocycles. The molecule has 47 heavy (non-hydrogen) atoms. The minimum atomic E-state index is 0.0438. The van der Waals surface area contributed by atoms with Crippen molar-refractivity contribution in [2.24, 2.45) is 23.2 Å². The molecule has 2 bridgehead atoms. The molecular formula is C41H54N4OS. The van der Waals surface area contributed by atoms with E-state index in [1.165, 1.54) is 49.7 Å². The summed E-state index contributed by atoms with van der Waals surface area (Å²) >= 11 is 6.20. The molecule has 0 spiro atoms. The van der Waals surface area contributed by atoms with Crippen LogP contribution in [0.3, 0.4) is 0 Å². The van der Waals surface area contributed by atoms with E-state index in [9.17, 15) is 0 Å². The lowest BCUT2D eigenvalue weighted by Gasteiger charge is -2.56. The van der Waals surface area contributed by atoms with E-state index in [1.807, 2.05) is 12.3 Å². The van der Waals surface area contributed by atoms with Crippen LogP contribution in [0.4, 0.5) is 0 Å². The normalized spacial score (nSPS) is 31.9. The highest BCUT2D eigenvalue weighted by molar-refractivity contribution is 7.80. The summed E-state index contributed by atoms with van der Waals surface area (Å²) in [6.45, 7) is 17.0. The number of pyridine rings is 1. The number of nitrogens with zero attached hydrogens (tertiary/aromatic N) is 2. The van der Waals surface area contributed by atoms with Crippen molar-refractivity contribution in [3.05, 3.63) is 83.6 Å². The fraction of sp³-hybridized carbons (Fsp3) is 0.561. The number of nitrogens with one attached hydrogen (secondary N) is 2. The van der Waals surface area contributed by atoms with E-state index in [2.05, 4.69) is 92.3 Å². The standard InChI is InChI=1S/C41H54N4OS/c1-7-27-24-45-20-16-29(27)22-36(45)38(32-15-19-42-35-13-11-31(46-6)23-33(32)35)44-39(47)43-25-40(4)17-8-18-41(5)34-12-9-28(26(2)3)21-30(34)10-14-37(40)41/h7,9,11-13,15,19,21,23,26-27,29,36-38H,1,8,10,14,16-18,20,22,24-25H2,2-6H3,(H2,43,44,47)/t27?,29?,36?,37-,38+,40-,41+/m0/s1. The van der Waals surface area contributed by atoms with Crippen molar-refractivity contribution in [3.8, 4) is 5.75 Å². The summed E-state index contributed by atoms with van der Waals surface area (Å²) in [6.07, 6.45) is 12.7. The summed E-state index contributed by atoms with van der Waals surface area (Å²) < 4.78 is 5.66. The van der Waals surface area contributed by atoms with Crippen LogP contribution >= 0.6 is 12.2 Å². The number of rotatable bonds is 8. The van der Waals surface area contributed by atoms with Crippen LogP contribution in [0.2, 0.25) is 0 Å². The molecule has 2 N–H and O–H groups in total. The van der Waals surface area contributed by atoms with Crippen molar-refractivity contribution in [1.82, 2.24) is 20.5 Å². The number of ether oxygens (including phenoxy) is 1. The summed E-state index contributed by atoms with van der Waals surface area (Å²) in [7, 11) is 1.73. The maximum Gasteiger partial charge on any atom is 0.166 e. The molecule has 5 nitrogen and oxygen atoms in total. The number of thiocarbonyl (C=S) groups is 1. The lowest BCUT2D eigenvalue weighted by Crippen LogP contribution is -2.59. The molecule has 2 aliphatic carbocycles. The Morgan fingerprint density at radius 2 is 2.00 bits per heavy atom. The Labute approximate surface area is 287 Å². The summed E-state index contributed by atoms with van der Waals surface area (Å²) in [6, 6.07) is 16.2. The minimum Gasteiger partial charge on any atom is -0.497 e. The van der Waals surface area contributed by atoms with Gasteiger partial charge in [-0.2, -0.15) is 0 Å². The molecule has 0 amide bonds.